The van der Waals surface area contributed by atoms with Gasteiger partial charge in [-0.2, -0.15) is 9.78 Å². The zero-order valence-corrected chi connectivity index (χ0v) is 16.1. The topological polar surface area (TPSA) is 66.1 Å². The standard InChI is InChI=1S/C20H13Cl2N3O3/c1-28-20(27)15-11-24(13-7-8-16(21)17(22)9-13)10-14-18(15)23-25(19(14)26)12-5-3-2-4-6-12/h2-11H,1H3. The number of aromatic nitrogens is 3. The van der Waals surface area contributed by atoms with Crippen molar-refractivity contribution in [2.75, 3.05) is 7.11 Å². The summed E-state index contributed by atoms with van der Waals surface area (Å²) >= 11 is 12.1. The molecule has 0 atom stereocenters. The van der Waals surface area contributed by atoms with Crippen molar-refractivity contribution >= 4 is 29.2 Å². The minimum atomic E-state index is -0.600. The average molecular weight is 414 g/mol. The summed E-state index contributed by atoms with van der Waals surface area (Å²) in [6.07, 6.45) is 3.16. The number of nitrogens with zero attached hydrogens (tertiary/aromatic N) is 3. The first-order chi connectivity index (χ1) is 13.5. The Labute approximate surface area is 169 Å². The van der Waals surface area contributed by atoms with Crippen molar-refractivity contribution in [1.82, 2.24) is 14.3 Å². The van der Waals surface area contributed by atoms with Gasteiger partial charge in [-0.15, -0.1) is 0 Å². The molecule has 6 nitrogen and oxygen atoms in total. The van der Waals surface area contributed by atoms with Crippen LogP contribution in [0, 0.1) is 0 Å². The van der Waals surface area contributed by atoms with Gasteiger partial charge in [-0.3, -0.25) is 4.79 Å². The number of esters is 1. The predicted molar refractivity (Wildman–Crippen MR) is 107 cm³/mol. The molecule has 0 amide bonds. The van der Waals surface area contributed by atoms with E-state index in [1.807, 2.05) is 6.07 Å². The zero-order chi connectivity index (χ0) is 19.8. The van der Waals surface area contributed by atoms with Crippen LogP contribution in [0.25, 0.3) is 22.6 Å². The normalized spacial score (nSPS) is 11.0. The summed E-state index contributed by atoms with van der Waals surface area (Å²) in [7, 11) is 1.27. The number of halogens is 2. The van der Waals surface area contributed by atoms with E-state index in [0.717, 1.165) is 0 Å². The highest BCUT2D eigenvalue weighted by atomic mass is 35.5. The fraction of sp³-hybridized carbons (Fsp3) is 0.0500. The van der Waals surface area contributed by atoms with Crippen molar-refractivity contribution < 1.29 is 9.53 Å². The van der Waals surface area contributed by atoms with Gasteiger partial charge in [0.15, 0.2) is 0 Å². The monoisotopic (exact) mass is 413 g/mol. The van der Waals surface area contributed by atoms with Crippen molar-refractivity contribution in [3.8, 4) is 22.6 Å². The van der Waals surface area contributed by atoms with Gasteiger partial charge in [-0.05, 0) is 30.3 Å². The number of methoxy groups -OCH3 is 1. The SMILES string of the molecule is COC(=O)c1cn(-c2ccc(Cl)c(Cl)c2)cc2c(=O)n(-c3ccccc3)nc1-2. The summed E-state index contributed by atoms with van der Waals surface area (Å²) in [5, 5.41) is 5.12. The molecule has 2 heterocycles. The Morgan fingerprint density at radius 2 is 1.75 bits per heavy atom. The Morgan fingerprint density at radius 1 is 1.00 bits per heavy atom. The highest BCUT2D eigenvalue weighted by Crippen LogP contribution is 2.28. The molecule has 2 aromatic carbocycles. The highest BCUT2D eigenvalue weighted by molar-refractivity contribution is 6.42. The first-order valence-electron chi connectivity index (χ1n) is 8.24. The van der Waals surface area contributed by atoms with Crippen LogP contribution in [0.2, 0.25) is 10.0 Å². The number of fused-ring (bicyclic) bond motifs is 1. The molecule has 8 heteroatoms. The van der Waals surface area contributed by atoms with Crippen molar-refractivity contribution in [3.05, 3.63) is 86.9 Å². The third kappa shape index (κ3) is 3.06. The van der Waals surface area contributed by atoms with E-state index in [0.29, 0.717) is 21.4 Å². The molecule has 0 bridgehead atoms. The van der Waals surface area contributed by atoms with Crippen molar-refractivity contribution in [1.29, 1.82) is 0 Å². The first kappa shape index (κ1) is 18.3. The van der Waals surface area contributed by atoms with Gasteiger partial charge in [0.1, 0.15) is 11.3 Å². The minimum Gasteiger partial charge on any atom is -0.465 e. The predicted octanol–water partition coefficient (Wildman–Crippen LogP) is 4.22. The molecule has 2 aliphatic heterocycles. The van der Waals surface area contributed by atoms with Crippen molar-refractivity contribution in [3.63, 3.8) is 0 Å². The zero-order valence-electron chi connectivity index (χ0n) is 14.6. The number of benzene rings is 2. The van der Waals surface area contributed by atoms with Crippen LogP contribution in [0.15, 0.2) is 65.7 Å². The van der Waals surface area contributed by atoms with Crippen LogP contribution in [-0.2, 0) is 4.74 Å². The first-order valence-corrected chi connectivity index (χ1v) is 8.99. The van der Waals surface area contributed by atoms with Gasteiger partial charge >= 0.3 is 5.97 Å². The Morgan fingerprint density at radius 3 is 2.43 bits per heavy atom. The highest BCUT2D eigenvalue weighted by Gasteiger charge is 2.25. The number of para-hydroxylation sites is 1. The second-order valence-electron chi connectivity index (χ2n) is 5.98. The number of ether oxygens (including phenoxy) is 1. The third-order valence-electron chi connectivity index (χ3n) is 4.28. The molecule has 0 saturated carbocycles. The summed E-state index contributed by atoms with van der Waals surface area (Å²) in [6, 6.07) is 14.0. The van der Waals surface area contributed by atoms with Gasteiger partial charge in [0.2, 0.25) is 0 Å². The minimum absolute atomic E-state index is 0.165. The molecule has 0 fully saturated rings. The van der Waals surface area contributed by atoms with Crippen LogP contribution in [0.4, 0.5) is 0 Å². The maximum Gasteiger partial charge on any atom is 0.341 e. The molecular formula is C20H13Cl2N3O3. The lowest BCUT2D eigenvalue weighted by Gasteiger charge is -2.12. The molecular weight excluding hydrogens is 401 g/mol. The van der Waals surface area contributed by atoms with E-state index in [4.69, 9.17) is 27.9 Å². The molecule has 2 aromatic rings. The lowest BCUT2D eigenvalue weighted by molar-refractivity contribution is 0.0600. The molecule has 28 heavy (non-hydrogen) atoms. The fourth-order valence-corrected chi connectivity index (χ4v) is 3.20. The quantitative estimate of drug-likeness (QED) is 0.471. The Hall–Kier alpha value is -3.09. The number of hydrogen-bond acceptors (Lipinski definition) is 4. The van der Waals surface area contributed by atoms with Crippen LogP contribution >= 0.6 is 23.2 Å². The Kier molecular flexibility index (Phi) is 4.66. The lowest BCUT2D eigenvalue weighted by Crippen LogP contribution is -2.15. The molecule has 140 valence electrons. The summed E-state index contributed by atoms with van der Waals surface area (Å²) in [4.78, 5) is 25.3. The number of carbonyl (C=O) groups excluding carboxylic acids is 1. The van der Waals surface area contributed by atoms with Gasteiger partial charge in [-0.25, -0.2) is 4.79 Å². The molecule has 0 aromatic heterocycles. The van der Waals surface area contributed by atoms with Gasteiger partial charge in [0, 0.05) is 18.1 Å². The smallest absolute Gasteiger partial charge is 0.341 e. The van der Waals surface area contributed by atoms with E-state index >= 15 is 0 Å². The third-order valence-corrected chi connectivity index (χ3v) is 5.02. The largest absolute Gasteiger partial charge is 0.465 e. The van der Waals surface area contributed by atoms with Gasteiger partial charge < -0.3 is 9.30 Å². The van der Waals surface area contributed by atoms with E-state index in [-0.39, 0.29) is 22.4 Å². The van der Waals surface area contributed by atoms with E-state index in [1.54, 1.807) is 59.4 Å². The summed E-state index contributed by atoms with van der Waals surface area (Å²) in [6.45, 7) is 0. The molecule has 0 aliphatic carbocycles. The number of hydrogen-bond donors (Lipinski definition) is 0. The molecule has 0 spiro atoms. The maximum absolute atomic E-state index is 13.0. The van der Waals surface area contributed by atoms with Crippen molar-refractivity contribution in [2.45, 2.75) is 0 Å². The van der Waals surface area contributed by atoms with Gasteiger partial charge in [0.05, 0.1) is 28.4 Å². The molecule has 4 rings (SSSR count). The van der Waals surface area contributed by atoms with E-state index in [9.17, 15) is 9.59 Å². The van der Waals surface area contributed by atoms with E-state index < -0.39 is 5.97 Å². The van der Waals surface area contributed by atoms with Gasteiger partial charge in [0.25, 0.3) is 5.56 Å². The second-order valence-corrected chi connectivity index (χ2v) is 6.80. The molecule has 0 saturated heterocycles. The summed E-state index contributed by atoms with van der Waals surface area (Å²) in [5.74, 6) is -0.600. The number of carbonyl (C=O) groups is 1. The Balaban J connectivity index is 2.00. The average Bonchev–Trinajstić information content (AvgIpc) is 3.06. The fourth-order valence-electron chi connectivity index (χ4n) is 2.90. The van der Waals surface area contributed by atoms with Crippen LogP contribution in [0.3, 0.4) is 0 Å². The molecule has 0 N–H and O–H groups in total. The van der Waals surface area contributed by atoms with Crippen LogP contribution in [0.5, 0.6) is 0 Å². The molecule has 0 unspecified atom stereocenters. The maximum atomic E-state index is 13.0. The lowest BCUT2D eigenvalue weighted by atomic mass is 10.1. The van der Waals surface area contributed by atoms with Crippen molar-refractivity contribution in [2.24, 2.45) is 0 Å². The van der Waals surface area contributed by atoms with Gasteiger partial charge in [-0.1, -0.05) is 41.4 Å². The van der Waals surface area contributed by atoms with Crippen LogP contribution in [0.1, 0.15) is 10.4 Å². The van der Waals surface area contributed by atoms with Crippen LogP contribution < -0.4 is 5.56 Å². The summed E-state index contributed by atoms with van der Waals surface area (Å²) in [5.41, 5.74) is 1.59. The summed E-state index contributed by atoms with van der Waals surface area (Å²) < 4.78 is 7.76. The Bertz CT molecular complexity index is 1220. The van der Waals surface area contributed by atoms with E-state index in [2.05, 4.69) is 5.10 Å². The van der Waals surface area contributed by atoms with Crippen LogP contribution in [-0.4, -0.2) is 27.4 Å². The molecule has 2 aliphatic rings. The van der Waals surface area contributed by atoms with E-state index in [1.165, 1.54) is 11.8 Å². The number of rotatable bonds is 3. The molecule has 0 radical (unpaired) electrons. The number of pyridine rings is 1. The second kappa shape index (κ2) is 7.14.